The average molecular weight is 407 g/mol. The Balaban J connectivity index is 2.36. The number of hydrazone groups is 1. The Morgan fingerprint density at radius 3 is 2.44 bits per heavy atom. The summed E-state index contributed by atoms with van der Waals surface area (Å²) in [5.41, 5.74) is 5.45. The molecule has 0 aliphatic carbocycles. The fraction of sp³-hybridized carbons (Fsp3) is 0.429. The number of hydrogen-bond acceptors (Lipinski definition) is 4. The number of nitrogens with zero attached hydrogens (tertiary/aromatic N) is 1. The highest BCUT2D eigenvalue weighted by molar-refractivity contribution is 7.18. The van der Waals surface area contributed by atoms with Crippen molar-refractivity contribution in [2.24, 2.45) is 5.10 Å². The molecule has 27 heavy (non-hydrogen) atoms. The van der Waals surface area contributed by atoms with Crippen LogP contribution in [0.4, 0.5) is 0 Å². The van der Waals surface area contributed by atoms with E-state index >= 15 is 0 Å². The van der Waals surface area contributed by atoms with Crippen LogP contribution in [0.5, 0.6) is 5.75 Å². The molecule has 0 unspecified atom stereocenters. The van der Waals surface area contributed by atoms with Crippen molar-refractivity contribution >= 4 is 34.6 Å². The van der Waals surface area contributed by atoms with Gasteiger partial charge in [0.25, 0.3) is 5.91 Å². The zero-order valence-corrected chi connectivity index (χ0v) is 18.0. The molecular weight excluding hydrogens is 380 g/mol. The molecule has 6 heteroatoms. The number of hydrogen-bond donors (Lipinski definition) is 2. The van der Waals surface area contributed by atoms with Crippen molar-refractivity contribution in [1.82, 2.24) is 5.43 Å². The molecule has 2 rings (SSSR count). The number of phenolic OH excluding ortho intramolecular Hbond substituents is 1. The van der Waals surface area contributed by atoms with Gasteiger partial charge in [-0.05, 0) is 47.6 Å². The van der Waals surface area contributed by atoms with Gasteiger partial charge >= 0.3 is 0 Å². The lowest BCUT2D eigenvalue weighted by Gasteiger charge is -2.16. The highest BCUT2D eigenvalue weighted by Crippen LogP contribution is 2.33. The van der Waals surface area contributed by atoms with E-state index in [1.54, 1.807) is 6.07 Å². The lowest BCUT2D eigenvalue weighted by Crippen LogP contribution is -2.21. The first-order chi connectivity index (χ1) is 12.7. The summed E-state index contributed by atoms with van der Waals surface area (Å²) >= 11 is 7.45. The predicted octanol–water partition coefficient (Wildman–Crippen LogP) is 6.29. The zero-order chi connectivity index (χ0) is 20.1. The Labute approximate surface area is 170 Å². The first kappa shape index (κ1) is 21.5. The lowest BCUT2D eigenvalue weighted by atomic mass is 9.92. The number of halogens is 1. The van der Waals surface area contributed by atoms with E-state index in [1.165, 1.54) is 11.3 Å². The van der Waals surface area contributed by atoms with Crippen LogP contribution in [0.3, 0.4) is 0 Å². The van der Waals surface area contributed by atoms with Crippen LogP contribution in [0, 0.1) is 0 Å². The van der Waals surface area contributed by atoms with E-state index in [-0.39, 0.29) is 23.1 Å². The third-order valence-electron chi connectivity index (χ3n) is 4.33. The van der Waals surface area contributed by atoms with Crippen molar-refractivity contribution in [3.05, 3.63) is 50.2 Å². The summed E-state index contributed by atoms with van der Waals surface area (Å²) in [7, 11) is 0. The summed E-state index contributed by atoms with van der Waals surface area (Å²) in [6.45, 7) is 10.2. The van der Waals surface area contributed by atoms with Gasteiger partial charge in [0.15, 0.2) is 0 Å². The molecule has 0 saturated heterocycles. The first-order valence-corrected chi connectivity index (χ1v) is 10.4. The van der Waals surface area contributed by atoms with Gasteiger partial charge in [-0.25, -0.2) is 5.43 Å². The number of aromatic hydroxyl groups is 1. The monoisotopic (exact) mass is 406 g/mol. The van der Waals surface area contributed by atoms with Gasteiger partial charge in [0.1, 0.15) is 5.75 Å². The third kappa shape index (κ3) is 5.33. The number of amides is 1. The average Bonchev–Trinajstić information content (AvgIpc) is 3.04. The van der Waals surface area contributed by atoms with Crippen molar-refractivity contribution in [3.8, 4) is 5.75 Å². The summed E-state index contributed by atoms with van der Waals surface area (Å²) in [5.74, 6) is -0.0174. The summed E-state index contributed by atoms with van der Waals surface area (Å²) in [5, 5.41) is 14.9. The molecule has 0 aliphatic heterocycles. The van der Waals surface area contributed by atoms with E-state index in [2.05, 4.69) is 31.3 Å². The van der Waals surface area contributed by atoms with Crippen molar-refractivity contribution in [2.45, 2.75) is 59.3 Å². The fourth-order valence-corrected chi connectivity index (χ4v) is 3.81. The molecule has 0 spiro atoms. The predicted molar refractivity (Wildman–Crippen MR) is 115 cm³/mol. The van der Waals surface area contributed by atoms with Gasteiger partial charge in [0.2, 0.25) is 0 Å². The van der Waals surface area contributed by atoms with E-state index in [0.29, 0.717) is 4.34 Å². The Kier molecular flexibility index (Phi) is 7.45. The van der Waals surface area contributed by atoms with Crippen LogP contribution in [-0.2, 0) is 0 Å². The second-order valence-corrected chi connectivity index (χ2v) is 8.88. The Hall–Kier alpha value is -1.85. The SMILES string of the molecule is CCC/C(=N/NC(=O)c1cc(C(C)C)cc(C(C)C)c1O)c1ccc(Cl)s1. The minimum absolute atomic E-state index is 0.0262. The summed E-state index contributed by atoms with van der Waals surface area (Å²) in [6.07, 6.45) is 1.63. The van der Waals surface area contributed by atoms with Crippen LogP contribution in [0.1, 0.15) is 85.7 Å². The van der Waals surface area contributed by atoms with E-state index in [4.69, 9.17) is 11.6 Å². The molecule has 1 aromatic heterocycles. The summed E-state index contributed by atoms with van der Waals surface area (Å²) in [4.78, 5) is 13.7. The quantitative estimate of drug-likeness (QED) is 0.419. The summed E-state index contributed by atoms with van der Waals surface area (Å²) < 4.78 is 0.684. The molecule has 2 aromatic rings. The molecule has 0 aliphatic rings. The number of carbonyl (C=O) groups excluding carboxylic acids is 1. The van der Waals surface area contributed by atoms with Gasteiger partial charge in [-0.3, -0.25) is 4.79 Å². The van der Waals surface area contributed by atoms with Gasteiger partial charge in [0.05, 0.1) is 20.5 Å². The number of phenols is 1. The molecular formula is C21H27ClN2O2S. The van der Waals surface area contributed by atoms with Crippen LogP contribution in [0.2, 0.25) is 4.34 Å². The standard InChI is InChI=1S/C21H27ClN2O2S/c1-6-7-17(18-8-9-19(22)27-18)23-24-21(26)16-11-14(12(2)3)10-15(13(4)5)20(16)25/h8-13,25H,6-7H2,1-5H3,(H,24,26)/b23-17-. The van der Waals surface area contributed by atoms with Crippen molar-refractivity contribution in [1.29, 1.82) is 0 Å². The van der Waals surface area contributed by atoms with Gasteiger partial charge in [-0.1, -0.05) is 58.7 Å². The zero-order valence-electron chi connectivity index (χ0n) is 16.5. The van der Waals surface area contributed by atoms with Crippen LogP contribution in [-0.4, -0.2) is 16.7 Å². The molecule has 1 amide bonds. The molecule has 146 valence electrons. The molecule has 0 bridgehead atoms. The number of thiophene rings is 1. The third-order valence-corrected chi connectivity index (χ3v) is 5.61. The number of rotatable bonds is 7. The molecule has 2 N–H and O–H groups in total. The highest BCUT2D eigenvalue weighted by atomic mass is 35.5. The first-order valence-electron chi connectivity index (χ1n) is 9.23. The van der Waals surface area contributed by atoms with Crippen molar-refractivity contribution in [2.75, 3.05) is 0 Å². The Morgan fingerprint density at radius 2 is 1.93 bits per heavy atom. The maximum Gasteiger partial charge on any atom is 0.275 e. The Morgan fingerprint density at radius 1 is 1.22 bits per heavy atom. The normalized spacial score (nSPS) is 12.1. The minimum Gasteiger partial charge on any atom is -0.507 e. The van der Waals surface area contributed by atoms with Crippen LogP contribution in [0.15, 0.2) is 29.4 Å². The van der Waals surface area contributed by atoms with Crippen molar-refractivity contribution < 1.29 is 9.90 Å². The molecule has 1 aromatic carbocycles. The smallest absolute Gasteiger partial charge is 0.275 e. The van der Waals surface area contributed by atoms with Crippen LogP contribution in [0.25, 0.3) is 0 Å². The number of carbonyl (C=O) groups is 1. The molecule has 0 fully saturated rings. The van der Waals surface area contributed by atoms with Gasteiger partial charge in [-0.15, -0.1) is 11.3 Å². The van der Waals surface area contributed by atoms with E-state index < -0.39 is 5.91 Å². The maximum atomic E-state index is 12.8. The largest absolute Gasteiger partial charge is 0.507 e. The second-order valence-electron chi connectivity index (χ2n) is 7.17. The topological polar surface area (TPSA) is 61.7 Å². The molecule has 4 nitrogen and oxygen atoms in total. The van der Waals surface area contributed by atoms with Gasteiger partial charge < -0.3 is 5.11 Å². The Bertz CT molecular complexity index is 841. The fourth-order valence-electron chi connectivity index (χ4n) is 2.75. The minimum atomic E-state index is -0.409. The summed E-state index contributed by atoms with van der Waals surface area (Å²) in [6, 6.07) is 7.45. The molecule has 1 heterocycles. The highest BCUT2D eigenvalue weighted by Gasteiger charge is 2.19. The molecule has 0 saturated carbocycles. The molecule has 0 radical (unpaired) electrons. The second kappa shape index (κ2) is 9.38. The van der Waals surface area contributed by atoms with E-state index in [1.807, 2.05) is 32.0 Å². The van der Waals surface area contributed by atoms with Crippen molar-refractivity contribution in [3.63, 3.8) is 0 Å². The number of nitrogens with one attached hydrogen (secondary N) is 1. The van der Waals surface area contributed by atoms with E-state index in [9.17, 15) is 9.90 Å². The van der Waals surface area contributed by atoms with Gasteiger partial charge in [-0.2, -0.15) is 5.10 Å². The van der Waals surface area contributed by atoms with Gasteiger partial charge in [0, 0.05) is 0 Å². The number of benzene rings is 1. The lowest BCUT2D eigenvalue weighted by molar-refractivity contribution is 0.0952. The van der Waals surface area contributed by atoms with Crippen LogP contribution >= 0.6 is 22.9 Å². The van der Waals surface area contributed by atoms with E-state index in [0.717, 1.165) is 34.6 Å². The van der Waals surface area contributed by atoms with Crippen LogP contribution < -0.4 is 5.43 Å². The maximum absolute atomic E-state index is 12.8. The molecule has 0 atom stereocenters.